The normalized spacial score (nSPS) is 13.7. The second-order valence-corrected chi connectivity index (χ2v) is 7.87. The largest absolute Gasteiger partial charge is 0.335 e. The minimum absolute atomic E-state index is 0.139. The number of amides is 2. The molecule has 1 aliphatic heterocycles. The van der Waals surface area contributed by atoms with Gasteiger partial charge in [-0.2, -0.15) is 0 Å². The molecule has 0 aliphatic carbocycles. The fraction of sp³-hybridized carbons (Fsp3) is 0.0435. The number of imide groups is 1. The number of carbonyl (C=O) groups is 2. The number of benzene rings is 2. The van der Waals surface area contributed by atoms with E-state index in [0.29, 0.717) is 22.0 Å². The van der Waals surface area contributed by atoms with E-state index in [-0.39, 0.29) is 11.3 Å². The second-order valence-electron chi connectivity index (χ2n) is 7.01. The van der Waals surface area contributed by atoms with Crippen LogP contribution in [0.5, 0.6) is 0 Å². The van der Waals surface area contributed by atoms with Gasteiger partial charge < -0.3 is 5.32 Å². The van der Waals surface area contributed by atoms with Crippen molar-refractivity contribution < 1.29 is 14.0 Å². The maximum Gasteiger partial charge on any atom is 0.275 e. The molecule has 0 bridgehead atoms. The highest BCUT2D eigenvalue weighted by Crippen LogP contribution is 2.39. The fourth-order valence-electron chi connectivity index (χ4n) is 3.43. The van der Waals surface area contributed by atoms with Gasteiger partial charge in [-0.15, -0.1) is 11.3 Å². The van der Waals surface area contributed by atoms with Crippen molar-refractivity contribution in [3.8, 4) is 22.5 Å². The van der Waals surface area contributed by atoms with Crippen LogP contribution in [0.2, 0.25) is 0 Å². The third kappa shape index (κ3) is 3.36. The van der Waals surface area contributed by atoms with Crippen LogP contribution < -0.4 is 10.6 Å². The zero-order valence-electron chi connectivity index (χ0n) is 16.3. The van der Waals surface area contributed by atoms with Gasteiger partial charge in [-0.3, -0.25) is 14.9 Å². The quantitative estimate of drug-likeness (QED) is 0.466. The molecule has 0 radical (unpaired) electrons. The number of halogens is 1. The second kappa shape index (κ2) is 7.41. The Kier molecular flexibility index (Phi) is 4.56. The zero-order chi connectivity index (χ0) is 21.5. The lowest BCUT2D eigenvalue weighted by Gasteiger charge is -2.11. The number of thiophene rings is 1. The molecule has 2 aromatic carbocycles. The summed E-state index contributed by atoms with van der Waals surface area (Å²) in [4.78, 5) is 34.1. The lowest BCUT2D eigenvalue weighted by molar-refractivity contribution is -0.124. The van der Waals surface area contributed by atoms with Gasteiger partial charge in [-0.1, -0.05) is 42.5 Å². The smallest absolute Gasteiger partial charge is 0.275 e. The van der Waals surface area contributed by atoms with E-state index in [0.717, 1.165) is 16.5 Å². The summed E-state index contributed by atoms with van der Waals surface area (Å²) < 4.78 is 13.8. The summed E-state index contributed by atoms with van der Waals surface area (Å²) in [6.45, 7) is 1.57. The third-order valence-electron chi connectivity index (χ3n) is 5.01. The van der Waals surface area contributed by atoms with Gasteiger partial charge in [0.15, 0.2) is 5.82 Å². The number of aromatic nitrogens is 2. The Balaban J connectivity index is 1.74. The van der Waals surface area contributed by atoms with Crippen molar-refractivity contribution in [2.75, 3.05) is 5.32 Å². The molecule has 152 valence electrons. The molecule has 3 heterocycles. The Labute approximate surface area is 180 Å². The molecule has 5 rings (SSSR count). The van der Waals surface area contributed by atoms with Crippen molar-refractivity contribution in [3.63, 3.8) is 0 Å². The Morgan fingerprint density at radius 1 is 0.968 bits per heavy atom. The number of rotatable bonds is 4. The summed E-state index contributed by atoms with van der Waals surface area (Å²) in [5, 5.41) is 8.01. The Bertz CT molecular complexity index is 1400. The van der Waals surface area contributed by atoms with Crippen LogP contribution in [0.25, 0.3) is 32.7 Å². The molecule has 0 saturated carbocycles. The summed E-state index contributed by atoms with van der Waals surface area (Å²) in [5.74, 6) is -0.663. The zero-order valence-corrected chi connectivity index (χ0v) is 17.1. The number of fused-ring (bicyclic) bond motifs is 1. The van der Waals surface area contributed by atoms with E-state index in [1.54, 1.807) is 19.1 Å². The Morgan fingerprint density at radius 3 is 2.45 bits per heavy atom. The first-order valence-electron chi connectivity index (χ1n) is 9.45. The van der Waals surface area contributed by atoms with E-state index in [2.05, 4.69) is 20.6 Å². The first kappa shape index (κ1) is 19.1. The van der Waals surface area contributed by atoms with E-state index in [4.69, 9.17) is 0 Å². The van der Waals surface area contributed by atoms with Crippen LogP contribution in [0.3, 0.4) is 0 Å². The topological polar surface area (TPSA) is 84.0 Å². The van der Waals surface area contributed by atoms with E-state index < -0.39 is 17.6 Å². The van der Waals surface area contributed by atoms with Crippen molar-refractivity contribution in [2.24, 2.45) is 0 Å². The molecular weight excluding hydrogens is 415 g/mol. The van der Waals surface area contributed by atoms with Crippen molar-refractivity contribution in [3.05, 3.63) is 77.1 Å². The van der Waals surface area contributed by atoms with Gasteiger partial charge in [0.05, 0.1) is 5.39 Å². The van der Waals surface area contributed by atoms with Crippen LogP contribution in [-0.4, -0.2) is 21.8 Å². The van der Waals surface area contributed by atoms with E-state index in [9.17, 15) is 14.0 Å². The van der Waals surface area contributed by atoms with Gasteiger partial charge in [0, 0.05) is 22.1 Å². The molecule has 4 aromatic rings. The van der Waals surface area contributed by atoms with Crippen molar-refractivity contribution in [1.82, 2.24) is 15.3 Å². The average Bonchev–Trinajstić information content (AvgIpc) is 3.31. The molecule has 0 spiro atoms. The average molecular weight is 430 g/mol. The van der Waals surface area contributed by atoms with Crippen molar-refractivity contribution in [2.45, 2.75) is 6.92 Å². The van der Waals surface area contributed by atoms with Crippen LogP contribution in [0.1, 0.15) is 6.92 Å². The lowest BCUT2D eigenvalue weighted by atomic mass is 10.1. The molecule has 1 aliphatic rings. The highest BCUT2D eigenvalue weighted by Gasteiger charge is 2.28. The SMILES string of the molecule is CC1=C(Nc2nc(-c3cccc(F)c3)nc3scc(-c4ccccc4)c23)C(=O)NC1=O. The van der Waals surface area contributed by atoms with Gasteiger partial charge in [-0.25, -0.2) is 14.4 Å². The highest BCUT2D eigenvalue weighted by molar-refractivity contribution is 7.17. The van der Waals surface area contributed by atoms with Gasteiger partial charge in [0.2, 0.25) is 0 Å². The van der Waals surface area contributed by atoms with Gasteiger partial charge in [0.25, 0.3) is 11.8 Å². The van der Waals surface area contributed by atoms with E-state index >= 15 is 0 Å². The number of nitrogens with zero attached hydrogens (tertiary/aromatic N) is 2. The number of hydrogen-bond acceptors (Lipinski definition) is 6. The summed E-state index contributed by atoms with van der Waals surface area (Å²) in [5.41, 5.74) is 2.80. The number of nitrogens with one attached hydrogen (secondary N) is 2. The molecule has 0 saturated heterocycles. The minimum Gasteiger partial charge on any atom is -0.335 e. The monoisotopic (exact) mass is 430 g/mol. The lowest BCUT2D eigenvalue weighted by Crippen LogP contribution is -2.24. The first-order chi connectivity index (χ1) is 15.0. The number of anilines is 1. The number of hydrogen-bond donors (Lipinski definition) is 2. The fourth-order valence-corrected chi connectivity index (χ4v) is 4.38. The van der Waals surface area contributed by atoms with Gasteiger partial charge in [-0.05, 0) is 24.6 Å². The molecule has 2 N–H and O–H groups in total. The number of carbonyl (C=O) groups excluding carboxylic acids is 2. The van der Waals surface area contributed by atoms with Crippen LogP contribution in [0, 0.1) is 5.82 Å². The molecule has 8 heteroatoms. The molecule has 0 atom stereocenters. The first-order valence-corrected chi connectivity index (χ1v) is 10.3. The third-order valence-corrected chi connectivity index (χ3v) is 5.89. The summed E-state index contributed by atoms with van der Waals surface area (Å²) >= 11 is 1.43. The van der Waals surface area contributed by atoms with Crippen LogP contribution in [0.4, 0.5) is 10.2 Å². The summed E-state index contributed by atoms with van der Waals surface area (Å²) in [6.07, 6.45) is 0. The molecule has 0 fully saturated rings. The maximum absolute atomic E-state index is 13.8. The molecule has 6 nitrogen and oxygen atoms in total. The van der Waals surface area contributed by atoms with E-state index in [1.165, 1.54) is 23.5 Å². The van der Waals surface area contributed by atoms with Crippen LogP contribution in [-0.2, 0) is 9.59 Å². The highest BCUT2D eigenvalue weighted by atomic mass is 32.1. The van der Waals surface area contributed by atoms with Crippen molar-refractivity contribution >= 4 is 39.2 Å². The predicted molar refractivity (Wildman–Crippen MR) is 118 cm³/mol. The minimum atomic E-state index is -0.516. The predicted octanol–water partition coefficient (Wildman–Crippen LogP) is 4.51. The molecule has 2 aromatic heterocycles. The molecule has 0 unspecified atom stereocenters. The summed E-state index contributed by atoms with van der Waals surface area (Å²) in [6, 6.07) is 15.8. The maximum atomic E-state index is 13.8. The molecule has 2 amide bonds. The van der Waals surface area contributed by atoms with Gasteiger partial charge in [0.1, 0.15) is 22.2 Å². The Hall–Kier alpha value is -3.91. The molecular formula is C23H15FN4O2S. The summed E-state index contributed by atoms with van der Waals surface area (Å²) in [7, 11) is 0. The van der Waals surface area contributed by atoms with Gasteiger partial charge >= 0.3 is 0 Å². The van der Waals surface area contributed by atoms with Crippen LogP contribution >= 0.6 is 11.3 Å². The van der Waals surface area contributed by atoms with E-state index in [1.807, 2.05) is 35.7 Å². The molecule has 31 heavy (non-hydrogen) atoms. The Morgan fingerprint density at radius 2 is 1.74 bits per heavy atom. The van der Waals surface area contributed by atoms with Crippen LogP contribution in [0.15, 0.2) is 71.2 Å². The van der Waals surface area contributed by atoms with Crippen molar-refractivity contribution in [1.29, 1.82) is 0 Å². The standard InChI is InChI=1S/C23H15FN4O2S/c1-12-18(22(30)28-21(12)29)25-20-17-16(13-6-3-2-4-7-13)11-31-23(17)27-19(26-20)14-8-5-9-15(24)10-14/h2-11H,1H3,(H2,25,26,27,28,29,30).